The molecule has 2 aliphatic heterocycles. The molecular formula is C22H22N4O5S. The number of carbonyl (C=O) groups excluding carboxylic acids is 2. The number of amides is 2. The second kappa shape index (κ2) is 8.61. The van der Waals surface area contributed by atoms with Gasteiger partial charge in [-0.2, -0.15) is 9.57 Å². The normalized spacial score (nSPS) is 18.8. The van der Waals surface area contributed by atoms with Gasteiger partial charge in [0, 0.05) is 31.7 Å². The number of hydrogen-bond acceptors (Lipinski definition) is 6. The molecule has 1 N–H and O–H groups in total. The van der Waals surface area contributed by atoms with E-state index in [9.17, 15) is 18.0 Å². The van der Waals surface area contributed by atoms with Crippen molar-refractivity contribution in [3.8, 4) is 11.8 Å². The van der Waals surface area contributed by atoms with Crippen LogP contribution in [0.1, 0.15) is 29.3 Å². The number of hydrogen-bond donors (Lipinski definition) is 1. The fourth-order valence-electron chi connectivity index (χ4n) is 3.71. The second-order valence-corrected chi connectivity index (χ2v) is 9.49. The van der Waals surface area contributed by atoms with Gasteiger partial charge >= 0.3 is 0 Å². The number of sulfonamides is 1. The van der Waals surface area contributed by atoms with Crippen molar-refractivity contribution in [2.45, 2.75) is 24.3 Å². The van der Waals surface area contributed by atoms with E-state index in [1.165, 1.54) is 16.4 Å². The van der Waals surface area contributed by atoms with Gasteiger partial charge in [-0.15, -0.1) is 0 Å². The van der Waals surface area contributed by atoms with E-state index in [1.807, 2.05) is 13.0 Å². The number of rotatable bonds is 4. The number of fused-ring (bicyclic) bond motifs is 1. The highest BCUT2D eigenvalue weighted by molar-refractivity contribution is 7.89. The Labute approximate surface area is 186 Å². The van der Waals surface area contributed by atoms with Gasteiger partial charge in [-0.1, -0.05) is 6.92 Å². The molecule has 0 bridgehead atoms. The van der Waals surface area contributed by atoms with Gasteiger partial charge in [0.15, 0.2) is 6.10 Å². The van der Waals surface area contributed by atoms with Crippen LogP contribution in [0.2, 0.25) is 0 Å². The lowest BCUT2D eigenvalue weighted by Gasteiger charge is -2.34. The monoisotopic (exact) mass is 454 g/mol. The molecule has 10 heteroatoms. The van der Waals surface area contributed by atoms with Crippen LogP contribution in [0.5, 0.6) is 5.75 Å². The fraction of sp³-hybridized carbons (Fsp3) is 0.318. The molecule has 0 aromatic heterocycles. The number of anilines is 1. The summed E-state index contributed by atoms with van der Waals surface area (Å²) in [6, 6.07) is 12.8. The van der Waals surface area contributed by atoms with E-state index < -0.39 is 16.1 Å². The maximum absolute atomic E-state index is 13.1. The van der Waals surface area contributed by atoms with Gasteiger partial charge in [-0.05, 0) is 48.9 Å². The van der Waals surface area contributed by atoms with Gasteiger partial charge in [-0.3, -0.25) is 9.59 Å². The molecule has 2 aromatic rings. The van der Waals surface area contributed by atoms with Crippen molar-refractivity contribution in [2.24, 2.45) is 0 Å². The Balaban J connectivity index is 1.45. The molecule has 32 heavy (non-hydrogen) atoms. The van der Waals surface area contributed by atoms with Crippen molar-refractivity contribution in [3.63, 3.8) is 0 Å². The van der Waals surface area contributed by atoms with Crippen molar-refractivity contribution in [1.82, 2.24) is 9.21 Å². The van der Waals surface area contributed by atoms with Crippen molar-refractivity contribution >= 4 is 27.5 Å². The van der Waals surface area contributed by atoms with Crippen LogP contribution in [-0.2, 0) is 14.8 Å². The largest absolute Gasteiger partial charge is 0.478 e. The lowest BCUT2D eigenvalue weighted by molar-refractivity contribution is -0.123. The summed E-state index contributed by atoms with van der Waals surface area (Å²) < 4.78 is 33.2. The molecule has 0 spiro atoms. The molecule has 2 aromatic carbocycles. The van der Waals surface area contributed by atoms with Crippen molar-refractivity contribution in [1.29, 1.82) is 5.26 Å². The average Bonchev–Trinajstić information content (AvgIpc) is 2.82. The predicted molar refractivity (Wildman–Crippen MR) is 116 cm³/mol. The van der Waals surface area contributed by atoms with Crippen molar-refractivity contribution in [2.75, 3.05) is 31.5 Å². The van der Waals surface area contributed by atoms with E-state index >= 15 is 0 Å². The van der Waals surface area contributed by atoms with Gasteiger partial charge in [0.1, 0.15) is 5.75 Å². The van der Waals surface area contributed by atoms with Gasteiger partial charge < -0.3 is 15.0 Å². The van der Waals surface area contributed by atoms with E-state index in [2.05, 4.69) is 5.32 Å². The first-order valence-corrected chi connectivity index (χ1v) is 11.7. The first-order valence-electron chi connectivity index (χ1n) is 10.2. The summed E-state index contributed by atoms with van der Waals surface area (Å²) in [5.74, 6) is -0.0663. The number of nitriles is 1. The third-order valence-electron chi connectivity index (χ3n) is 5.57. The molecule has 0 saturated carbocycles. The summed E-state index contributed by atoms with van der Waals surface area (Å²) in [4.78, 5) is 26.4. The highest BCUT2D eigenvalue weighted by Gasteiger charge is 2.32. The Kier molecular flexibility index (Phi) is 5.86. The van der Waals surface area contributed by atoms with Gasteiger partial charge in [0.05, 0.1) is 22.2 Å². The number of nitrogens with zero attached hydrogens (tertiary/aromatic N) is 3. The third-order valence-corrected chi connectivity index (χ3v) is 7.46. The van der Waals surface area contributed by atoms with E-state index in [4.69, 9.17) is 10.00 Å². The standard InChI is InChI=1S/C22H22N4O5S/c1-2-19-21(27)24-18-13-17(7-8-20(18)31-19)32(29,30)26-11-9-25(10-12-26)22(28)16-5-3-15(14-23)4-6-16/h3-8,13,19H,2,9-12H2,1H3,(H,24,27)/t19-/m0/s1. The van der Waals surface area contributed by atoms with E-state index in [-0.39, 0.29) is 42.9 Å². The molecule has 166 valence electrons. The van der Waals surface area contributed by atoms with E-state index in [1.54, 1.807) is 35.2 Å². The predicted octanol–water partition coefficient (Wildman–Crippen LogP) is 1.81. The Bertz CT molecular complexity index is 1200. The van der Waals surface area contributed by atoms with Crippen LogP contribution in [0.4, 0.5) is 5.69 Å². The Morgan fingerprint density at radius 2 is 1.84 bits per heavy atom. The average molecular weight is 455 g/mol. The van der Waals surface area contributed by atoms with E-state index in [0.717, 1.165) is 0 Å². The maximum atomic E-state index is 13.1. The zero-order valence-corrected chi connectivity index (χ0v) is 18.3. The zero-order valence-electron chi connectivity index (χ0n) is 17.4. The summed E-state index contributed by atoms with van der Waals surface area (Å²) >= 11 is 0. The molecule has 4 rings (SSSR count). The summed E-state index contributed by atoms with van der Waals surface area (Å²) in [7, 11) is -3.80. The number of benzene rings is 2. The lowest BCUT2D eigenvalue weighted by atomic mass is 10.1. The summed E-state index contributed by atoms with van der Waals surface area (Å²) in [6.07, 6.45) is -0.0803. The first kappa shape index (κ1) is 21.8. The molecule has 1 fully saturated rings. The summed E-state index contributed by atoms with van der Waals surface area (Å²) in [5.41, 5.74) is 1.25. The number of nitrogens with one attached hydrogen (secondary N) is 1. The fourth-order valence-corrected chi connectivity index (χ4v) is 5.16. The molecule has 9 nitrogen and oxygen atoms in total. The second-order valence-electron chi connectivity index (χ2n) is 7.55. The minimum Gasteiger partial charge on any atom is -0.478 e. The van der Waals surface area contributed by atoms with Gasteiger partial charge in [0.2, 0.25) is 10.0 Å². The minimum atomic E-state index is -3.80. The lowest BCUT2D eigenvalue weighted by Crippen LogP contribution is -2.50. The van der Waals surface area contributed by atoms with E-state index in [0.29, 0.717) is 29.0 Å². The highest BCUT2D eigenvalue weighted by atomic mass is 32.2. The topological polar surface area (TPSA) is 120 Å². The third kappa shape index (κ3) is 4.04. The maximum Gasteiger partial charge on any atom is 0.265 e. The molecular weight excluding hydrogens is 432 g/mol. The molecule has 2 aliphatic rings. The quantitative estimate of drug-likeness (QED) is 0.752. The van der Waals surface area contributed by atoms with Crippen LogP contribution in [0.15, 0.2) is 47.4 Å². The Morgan fingerprint density at radius 3 is 2.47 bits per heavy atom. The SMILES string of the molecule is CC[C@@H]1Oc2ccc(S(=O)(=O)N3CCN(C(=O)c4ccc(C#N)cc4)CC3)cc2NC1=O. The van der Waals surface area contributed by atoms with Crippen LogP contribution in [-0.4, -0.2) is 61.7 Å². The smallest absolute Gasteiger partial charge is 0.265 e. The molecule has 0 unspecified atom stereocenters. The molecule has 1 saturated heterocycles. The van der Waals surface area contributed by atoms with Gasteiger partial charge in [-0.25, -0.2) is 8.42 Å². The van der Waals surface area contributed by atoms with Crippen molar-refractivity contribution < 1.29 is 22.7 Å². The summed E-state index contributed by atoms with van der Waals surface area (Å²) in [6.45, 7) is 2.65. The van der Waals surface area contributed by atoms with Crippen LogP contribution in [0, 0.1) is 11.3 Å². The van der Waals surface area contributed by atoms with Crippen LogP contribution < -0.4 is 10.1 Å². The first-order chi connectivity index (χ1) is 15.3. The van der Waals surface area contributed by atoms with Crippen molar-refractivity contribution in [3.05, 3.63) is 53.6 Å². The molecule has 2 amide bonds. The van der Waals surface area contributed by atoms with Crippen LogP contribution in [0.25, 0.3) is 0 Å². The molecule has 0 aliphatic carbocycles. The number of carbonyl (C=O) groups is 2. The highest BCUT2D eigenvalue weighted by Crippen LogP contribution is 2.33. The molecule has 2 heterocycles. The number of ether oxygens (including phenoxy) is 1. The summed E-state index contributed by atoms with van der Waals surface area (Å²) in [5, 5.41) is 11.6. The molecule has 0 radical (unpaired) electrons. The zero-order chi connectivity index (χ0) is 22.9. The Hall–Kier alpha value is -3.42. The van der Waals surface area contributed by atoms with Gasteiger partial charge in [0.25, 0.3) is 11.8 Å². The molecule has 1 atom stereocenters. The Morgan fingerprint density at radius 1 is 1.16 bits per heavy atom. The van der Waals surface area contributed by atoms with Crippen LogP contribution >= 0.6 is 0 Å². The van der Waals surface area contributed by atoms with Crippen LogP contribution in [0.3, 0.4) is 0 Å². The number of piperazine rings is 1. The minimum absolute atomic E-state index is 0.0574.